The highest BCUT2D eigenvalue weighted by atomic mass is 35.5. The van der Waals surface area contributed by atoms with Crippen LogP contribution in [0.4, 0.5) is 0 Å². The minimum absolute atomic E-state index is 0.450. The van der Waals surface area contributed by atoms with Gasteiger partial charge in [0.2, 0.25) is 0 Å². The molecule has 17 heavy (non-hydrogen) atoms. The molecule has 0 aliphatic heterocycles. The molecule has 2 aromatic rings. The third kappa shape index (κ3) is 2.91. The van der Waals surface area contributed by atoms with E-state index in [0.717, 1.165) is 5.56 Å². The molecule has 2 nitrogen and oxygen atoms in total. The Hall–Kier alpha value is -1.22. The van der Waals surface area contributed by atoms with E-state index in [1.807, 2.05) is 18.2 Å². The number of hydrogen-bond acceptors (Lipinski definition) is 2. The largest absolute Gasteiger partial charge is 0.454 e. The zero-order valence-corrected chi connectivity index (χ0v) is 10.5. The summed E-state index contributed by atoms with van der Waals surface area (Å²) in [6.07, 6.45) is 0. The summed E-state index contributed by atoms with van der Waals surface area (Å²) in [6, 6.07) is 12.7. The molecule has 4 heteroatoms. The number of para-hydroxylation sites is 1. The topological polar surface area (TPSA) is 35.2 Å². The lowest BCUT2D eigenvalue weighted by Gasteiger charge is -2.09. The van der Waals surface area contributed by atoms with Crippen LogP contribution in [0.2, 0.25) is 10.0 Å². The molecule has 88 valence electrons. The van der Waals surface area contributed by atoms with Gasteiger partial charge in [-0.05, 0) is 29.8 Å². The summed E-state index contributed by atoms with van der Waals surface area (Å²) in [7, 11) is 0. The Morgan fingerprint density at radius 1 is 0.941 bits per heavy atom. The van der Waals surface area contributed by atoms with Gasteiger partial charge in [0.25, 0.3) is 0 Å². The van der Waals surface area contributed by atoms with Crippen molar-refractivity contribution in [3.8, 4) is 11.5 Å². The van der Waals surface area contributed by atoms with Gasteiger partial charge in [-0.3, -0.25) is 0 Å². The molecule has 0 radical (unpaired) electrons. The van der Waals surface area contributed by atoms with Crippen molar-refractivity contribution in [2.75, 3.05) is 0 Å². The van der Waals surface area contributed by atoms with Crippen LogP contribution in [-0.4, -0.2) is 0 Å². The molecule has 0 spiro atoms. The van der Waals surface area contributed by atoms with Gasteiger partial charge in [0.05, 0.1) is 10.0 Å². The number of hydrogen-bond donors (Lipinski definition) is 1. The highest BCUT2D eigenvalue weighted by Crippen LogP contribution is 2.33. The summed E-state index contributed by atoms with van der Waals surface area (Å²) in [4.78, 5) is 0. The summed E-state index contributed by atoms with van der Waals surface area (Å²) in [5, 5.41) is 1.07. The molecule has 0 saturated heterocycles. The van der Waals surface area contributed by atoms with Crippen LogP contribution >= 0.6 is 23.2 Å². The molecule has 0 fully saturated rings. The van der Waals surface area contributed by atoms with Crippen molar-refractivity contribution in [2.24, 2.45) is 5.73 Å². The van der Waals surface area contributed by atoms with Gasteiger partial charge in [0.15, 0.2) is 0 Å². The van der Waals surface area contributed by atoms with Crippen LogP contribution in [0.3, 0.4) is 0 Å². The van der Waals surface area contributed by atoms with Gasteiger partial charge in [-0.25, -0.2) is 0 Å². The fourth-order valence-electron chi connectivity index (χ4n) is 1.40. The molecule has 0 aliphatic carbocycles. The Bertz CT molecular complexity index is 529. The molecule has 0 atom stereocenters. The predicted molar refractivity (Wildman–Crippen MR) is 70.9 cm³/mol. The molecular formula is C13H11Cl2NO. The Morgan fingerprint density at radius 2 is 1.65 bits per heavy atom. The third-order valence-corrected chi connectivity index (χ3v) is 2.90. The standard InChI is InChI=1S/C13H11Cl2NO/c14-10-3-1-2-4-12(10)17-13-6-5-9(8-16)7-11(13)15/h1-7H,8,16H2. The lowest BCUT2D eigenvalue weighted by atomic mass is 10.2. The molecule has 0 aromatic heterocycles. The van der Waals surface area contributed by atoms with Gasteiger partial charge in [0, 0.05) is 6.54 Å². The number of rotatable bonds is 3. The van der Waals surface area contributed by atoms with E-state index in [1.165, 1.54) is 0 Å². The molecule has 0 saturated carbocycles. The van der Waals surface area contributed by atoms with Crippen molar-refractivity contribution in [1.82, 2.24) is 0 Å². The van der Waals surface area contributed by atoms with Crippen molar-refractivity contribution in [3.05, 3.63) is 58.1 Å². The first-order chi connectivity index (χ1) is 8.20. The van der Waals surface area contributed by atoms with Crippen molar-refractivity contribution in [1.29, 1.82) is 0 Å². The summed E-state index contributed by atoms with van der Waals surface area (Å²) >= 11 is 12.1. The molecule has 0 heterocycles. The lowest BCUT2D eigenvalue weighted by molar-refractivity contribution is 0.483. The molecule has 0 bridgehead atoms. The molecule has 0 amide bonds. The van der Waals surface area contributed by atoms with Gasteiger partial charge in [-0.1, -0.05) is 41.4 Å². The highest BCUT2D eigenvalue weighted by Gasteiger charge is 2.06. The zero-order valence-electron chi connectivity index (χ0n) is 8.99. The van der Waals surface area contributed by atoms with E-state index in [-0.39, 0.29) is 0 Å². The van der Waals surface area contributed by atoms with Crippen LogP contribution in [0.25, 0.3) is 0 Å². The van der Waals surface area contributed by atoms with Crippen LogP contribution < -0.4 is 10.5 Å². The molecule has 2 rings (SSSR count). The van der Waals surface area contributed by atoms with E-state index < -0.39 is 0 Å². The summed E-state index contributed by atoms with van der Waals surface area (Å²) in [6.45, 7) is 0.450. The SMILES string of the molecule is NCc1ccc(Oc2ccccc2Cl)c(Cl)c1. The van der Waals surface area contributed by atoms with Crippen molar-refractivity contribution in [3.63, 3.8) is 0 Å². The van der Waals surface area contributed by atoms with Crippen LogP contribution in [0.1, 0.15) is 5.56 Å². The summed E-state index contributed by atoms with van der Waals surface area (Å²) < 4.78 is 5.63. The Balaban J connectivity index is 2.28. The monoisotopic (exact) mass is 267 g/mol. The van der Waals surface area contributed by atoms with Crippen molar-refractivity contribution < 1.29 is 4.74 Å². The van der Waals surface area contributed by atoms with E-state index in [9.17, 15) is 0 Å². The maximum Gasteiger partial charge on any atom is 0.146 e. The second-order valence-electron chi connectivity index (χ2n) is 3.50. The van der Waals surface area contributed by atoms with E-state index >= 15 is 0 Å². The summed E-state index contributed by atoms with van der Waals surface area (Å²) in [5.41, 5.74) is 6.48. The average molecular weight is 268 g/mol. The molecule has 2 aromatic carbocycles. The maximum absolute atomic E-state index is 6.09. The maximum atomic E-state index is 6.09. The first-order valence-corrected chi connectivity index (χ1v) is 5.87. The van der Waals surface area contributed by atoms with Gasteiger partial charge in [-0.2, -0.15) is 0 Å². The third-order valence-electron chi connectivity index (χ3n) is 2.29. The fourth-order valence-corrected chi connectivity index (χ4v) is 1.82. The van der Waals surface area contributed by atoms with Crippen molar-refractivity contribution >= 4 is 23.2 Å². The van der Waals surface area contributed by atoms with E-state index in [1.54, 1.807) is 24.3 Å². The van der Waals surface area contributed by atoms with E-state index in [0.29, 0.717) is 28.1 Å². The lowest BCUT2D eigenvalue weighted by Crippen LogP contribution is -1.96. The van der Waals surface area contributed by atoms with Gasteiger partial charge < -0.3 is 10.5 Å². The minimum Gasteiger partial charge on any atom is -0.454 e. The predicted octanol–water partition coefficient (Wildman–Crippen LogP) is 4.24. The van der Waals surface area contributed by atoms with E-state index in [4.69, 9.17) is 33.7 Å². The normalized spacial score (nSPS) is 10.3. The average Bonchev–Trinajstić information content (AvgIpc) is 2.34. The Kier molecular flexibility index (Phi) is 3.89. The second kappa shape index (κ2) is 5.41. The molecular weight excluding hydrogens is 257 g/mol. The van der Waals surface area contributed by atoms with Crippen LogP contribution in [0.15, 0.2) is 42.5 Å². The number of nitrogens with two attached hydrogens (primary N) is 1. The number of halogens is 2. The van der Waals surface area contributed by atoms with Crippen LogP contribution in [0, 0.1) is 0 Å². The molecule has 0 aliphatic rings. The number of benzene rings is 2. The van der Waals surface area contributed by atoms with Crippen LogP contribution in [0.5, 0.6) is 11.5 Å². The zero-order chi connectivity index (χ0) is 12.3. The van der Waals surface area contributed by atoms with Gasteiger partial charge >= 0.3 is 0 Å². The Morgan fingerprint density at radius 3 is 2.29 bits per heavy atom. The van der Waals surface area contributed by atoms with Gasteiger partial charge in [-0.15, -0.1) is 0 Å². The number of ether oxygens (including phenoxy) is 1. The summed E-state index contributed by atoms with van der Waals surface area (Å²) in [5.74, 6) is 1.15. The molecule has 2 N–H and O–H groups in total. The quantitative estimate of drug-likeness (QED) is 0.903. The first kappa shape index (κ1) is 12.2. The van der Waals surface area contributed by atoms with E-state index in [2.05, 4.69) is 0 Å². The minimum atomic E-state index is 0.450. The Labute approximate surface area is 110 Å². The van der Waals surface area contributed by atoms with Gasteiger partial charge in [0.1, 0.15) is 11.5 Å². The van der Waals surface area contributed by atoms with Crippen LogP contribution in [-0.2, 0) is 6.54 Å². The molecule has 0 unspecified atom stereocenters. The first-order valence-electron chi connectivity index (χ1n) is 5.11. The fraction of sp³-hybridized carbons (Fsp3) is 0.0769. The van der Waals surface area contributed by atoms with Crippen molar-refractivity contribution in [2.45, 2.75) is 6.54 Å². The smallest absolute Gasteiger partial charge is 0.146 e. The second-order valence-corrected chi connectivity index (χ2v) is 4.32. The highest BCUT2D eigenvalue weighted by molar-refractivity contribution is 6.32.